The molecule has 0 spiro atoms. The minimum absolute atomic E-state index is 0.0469. The van der Waals surface area contributed by atoms with E-state index in [4.69, 9.17) is 13.9 Å². The summed E-state index contributed by atoms with van der Waals surface area (Å²) in [7, 11) is -0.150. The number of hydrogen-bond acceptors (Lipinski definition) is 3. The van der Waals surface area contributed by atoms with Gasteiger partial charge in [0.25, 0.3) is 0 Å². The SMILES string of the molecule is COc1ccc(CO[C@H](C)C/C=C/C(C)(C)C[C@H](/C=C(/C)I)O[Si](C)(C)C(C)(C)C)cc1. The van der Waals surface area contributed by atoms with Crippen LogP contribution in [0.4, 0.5) is 0 Å². The Hall–Kier alpha value is -0.633. The first-order chi connectivity index (χ1) is 14.6. The third-order valence-corrected chi connectivity index (χ3v) is 11.0. The standard InChI is InChI=1S/C27H45IO3Si/c1-21(28)18-25(31-32(9,10)26(3,4)5)19-27(6,7)17-11-12-22(2)30-20-23-13-15-24(29-8)16-14-23/h11,13-18,22,25H,12,19-20H2,1-10H3/b17-11+,21-18-/t22-,25+/m1/s1. The molecular formula is C27H45IO3Si. The zero-order valence-corrected chi connectivity index (χ0v) is 25.1. The summed E-state index contributed by atoms with van der Waals surface area (Å²) < 4.78 is 19.3. The second kappa shape index (κ2) is 12.7. The third-order valence-electron chi connectivity index (χ3n) is 6.13. The highest BCUT2D eigenvalue weighted by molar-refractivity contribution is 14.1. The van der Waals surface area contributed by atoms with Crippen LogP contribution in [0.15, 0.2) is 46.1 Å². The molecule has 32 heavy (non-hydrogen) atoms. The van der Waals surface area contributed by atoms with Crippen molar-refractivity contribution in [3.05, 3.63) is 51.6 Å². The van der Waals surface area contributed by atoms with Crippen molar-refractivity contribution < 1.29 is 13.9 Å². The molecule has 0 saturated carbocycles. The number of halogens is 1. The Kier molecular flexibility index (Phi) is 11.7. The Morgan fingerprint density at radius 3 is 2.19 bits per heavy atom. The predicted octanol–water partition coefficient (Wildman–Crippen LogP) is 8.69. The van der Waals surface area contributed by atoms with E-state index in [0.717, 1.165) is 24.2 Å². The summed E-state index contributed by atoms with van der Waals surface area (Å²) >= 11 is 2.39. The molecule has 0 bridgehead atoms. The molecular weight excluding hydrogens is 527 g/mol. The molecule has 0 heterocycles. The number of hydrogen-bond donors (Lipinski definition) is 0. The lowest BCUT2D eigenvalue weighted by Crippen LogP contribution is -2.44. The van der Waals surface area contributed by atoms with E-state index in [2.05, 4.69) is 115 Å². The maximum atomic E-state index is 6.77. The van der Waals surface area contributed by atoms with E-state index in [0.29, 0.717) is 6.61 Å². The van der Waals surface area contributed by atoms with E-state index in [1.807, 2.05) is 12.1 Å². The molecule has 5 heteroatoms. The number of ether oxygens (including phenoxy) is 2. The van der Waals surface area contributed by atoms with Gasteiger partial charge >= 0.3 is 0 Å². The second-order valence-corrected chi connectivity index (χ2v) is 17.4. The Morgan fingerprint density at radius 1 is 1.09 bits per heavy atom. The lowest BCUT2D eigenvalue weighted by atomic mass is 9.86. The molecule has 3 nitrogen and oxygen atoms in total. The average molecular weight is 573 g/mol. The summed E-state index contributed by atoms with van der Waals surface area (Å²) in [4.78, 5) is 0. The van der Waals surface area contributed by atoms with E-state index in [9.17, 15) is 0 Å². The summed E-state index contributed by atoms with van der Waals surface area (Å²) in [5, 5.41) is 0.203. The smallest absolute Gasteiger partial charge is 0.192 e. The van der Waals surface area contributed by atoms with Crippen LogP contribution in [0.1, 0.15) is 66.9 Å². The average Bonchev–Trinajstić information content (AvgIpc) is 2.64. The lowest BCUT2D eigenvalue weighted by Gasteiger charge is -2.40. The molecule has 0 unspecified atom stereocenters. The summed E-state index contributed by atoms with van der Waals surface area (Å²) in [5.41, 5.74) is 1.21. The van der Waals surface area contributed by atoms with Gasteiger partial charge in [0.05, 0.1) is 25.9 Å². The highest BCUT2D eigenvalue weighted by Crippen LogP contribution is 2.39. The summed E-state index contributed by atoms with van der Waals surface area (Å²) in [6.07, 6.45) is 9.06. The van der Waals surface area contributed by atoms with Gasteiger partial charge in [-0.2, -0.15) is 0 Å². The normalized spacial score (nSPS) is 15.8. The van der Waals surface area contributed by atoms with Crippen LogP contribution in [0.25, 0.3) is 0 Å². The predicted molar refractivity (Wildman–Crippen MR) is 149 cm³/mol. The minimum Gasteiger partial charge on any atom is -0.497 e. The zero-order chi connectivity index (χ0) is 24.6. The molecule has 0 radical (unpaired) electrons. The highest BCUT2D eigenvalue weighted by Gasteiger charge is 2.39. The summed E-state index contributed by atoms with van der Waals surface area (Å²) in [6.45, 7) is 21.1. The molecule has 0 N–H and O–H groups in total. The number of rotatable bonds is 12. The van der Waals surface area contributed by atoms with Crippen LogP contribution < -0.4 is 4.74 Å². The van der Waals surface area contributed by atoms with Crippen molar-refractivity contribution >= 4 is 30.9 Å². The fraction of sp³-hybridized carbons (Fsp3) is 0.630. The van der Waals surface area contributed by atoms with Crippen LogP contribution in [0.5, 0.6) is 5.75 Å². The van der Waals surface area contributed by atoms with E-state index in [1.54, 1.807) is 7.11 Å². The van der Waals surface area contributed by atoms with Crippen molar-refractivity contribution in [1.29, 1.82) is 0 Å². The van der Waals surface area contributed by atoms with Gasteiger partial charge in [0.2, 0.25) is 0 Å². The Labute approximate surface area is 212 Å². The van der Waals surface area contributed by atoms with E-state index in [-0.39, 0.29) is 22.7 Å². The molecule has 2 atom stereocenters. The van der Waals surface area contributed by atoms with E-state index < -0.39 is 8.32 Å². The number of allylic oxidation sites excluding steroid dienone is 2. The Bertz CT molecular complexity index is 741. The molecule has 0 aliphatic carbocycles. The Morgan fingerprint density at radius 2 is 1.69 bits per heavy atom. The first-order valence-corrected chi connectivity index (χ1v) is 15.6. The topological polar surface area (TPSA) is 27.7 Å². The van der Waals surface area contributed by atoms with Crippen LogP contribution in [-0.4, -0.2) is 27.6 Å². The van der Waals surface area contributed by atoms with Crippen LogP contribution in [0.2, 0.25) is 18.1 Å². The molecule has 0 fully saturated rings. The number of benzene rings is 1. The first-order valence-electron chi connectivity index (χ1n) is 11.6. The monoisotopic (exact) mass is 572 g/mol. The zero-order valence-electron chi connectivity index (χ0n) is 21.9. The second-order valence-electron chi connectivity index (χ2n) is 11.0. The molecule has 182 valence electrons. The maximum Gasteiger partial charge on any atom is 0.192 e. The van der Waals surface area contributed by atoms with Crippen LogP contribution in [-0.2, 0) is 15.8 Å². The molecule has 1 aromatic rings. The van der Waals surface area contributed by atoms with E-state index in [1.165, 1.54) is 3.58 Å². The van der Waals surface area contributed by atoms with Crippen molar-refractivity contribution in [3.8, 4) is 5.75 Å². The van der Waals surface area contributed by atoms with Gasteiger partial charge in [-0.15, -0.1) is 0 Å². The van der Waals surface area contributed by atoms with Crippen LogP contribution in [0.3, 0.4) is 0 Å². The Balaban J connectivity index is 2.65. The van der Waals surface area contributed by atoms with Crippen LogP contribution >= 0.6 is 22.6 Å². The summed E-state index contributed by atoms with van der Waals surface area (Å²) in [6, 6.07) is 8.05. The van der Waals surface area contributed by atoms with Crippen molar-refractivity contribution in [2.45, 2.75) is 98.3 Å². The van der Waals surface area contributed by atoms with Gasteiger partial charge < -0.3 is 13.9 Å². The maximum absolute atomic E-state index is 6.77. The number of methoxy groups -OCH3 is 1. The van der Waals surface area contributed by atoms with Gasteiger partial charge in [0.1, 0.15) is 5.75 Å². The van der Waals surface area contributed by atoms with Gasteiger partial charge in [-0.3, -0.25) is 0 Å². The lowest BCUT2D eigenvalue weighted by molar-refractivity contribution is 0.0550. The molecule has 0 amide bonds. The molecule has 1 rings (SSSR count). The van der Waals surface area contributed by atoms with Gasteiger partial charge in [0, 0.05) is 0 Å². The molecule has 0 aromatic heterocycles. The van der Waals surface area contributed by atoms with Crippen molar-refractivity contribution in [1.82, 2.24) is 0 Å². The van der Waals surface area contributed by atoms with Crippen molar-refractivity contribution in [2.24, 2.45) is 5.41 Å². The van der Waals surface area contributed by atoms with Crippen molar-refractivity contribution in [2.75, 3.05) is 7.11 Å². The van der Waals surface area contributed by atoms with Gasteiger partial charge in [-0.05, 0) is 100 Å². The molecule has 0 aliphatic rings. The molecule has 0 aliphatic heterocycles. The first kappa shape index (κ1) is 29.4. The largest absolute Gasteiger partial charge is 0.497 e. The van der Waals surface area contributed by atoms with E-state index >= 15 is 0 Å². The van der Waals surface area contributed by atoms with Gasteiger partial charge in [0.15, 0.2) is 8.32 Å². The summed E-state index contributed by atoms with van der Waals surface area (Å²) in [5.74, 6) is 0.871. The molecule has 1 aromatic carbocycles. The van der Waals surface area contributed by atoms with Gasteiger partial charge in [-0.25, -0.2) is 0 Å². The highest BCUT2D eigenvalue weighted by atomic mass is 127. The minimum atomic E-state index is -1.83. The molecule has 0 saturated heterocycles. The van der Waals surface area contributed by atoms with Crippen LogP contribution in [0, 0.1) is 5.41 Å². The van der Waals surface area contributed by atoms with Gasteiger partial charge in [-0.1, -0.05) is 58.9 Å². The third kappa shape index (κ3) is 11.0. The van der Waals surface area contributed by atoms with Crippen molar-refractivity contribution in [3.63, 3.8) is 0 Å². The fourth-order valence-electron chi connectivity index (χ4n) is 3.14. The quantitative estimate of drug-likeness (QED) is 0.142. The fourth-order valence-corrected chi connectivity index (χ4v) is 4.80.